The Morgan fingerprint density at radius 1 is 1.36 bits per heavy atom. The number of carbonyl (C=O) groups is 2. The average molecular weight is 427 g/mol. The van der Waals surface area contributed by atoms with Crippen molar-refractivity contribution in [2.75, 3.05) is 6.54 Å². The second kappa shape index (κ2) is 8.48. The number of nitrogens with one attached hydrogen (secondary N) is 2. The molecule has 0 aliphatic rings. The molecule has 1 aromatic carbocycles. The van der Waals surface area contributed by atoms with Crippen molar-refractivity contribution in [2.45, 2.75) is 37.7 Å². The van der Waals surface area contributed by atoms with Gasteiger partial charge in [0.15, 0.2) is 5.16 Å². The molecule has 7 nitrogen and oxygen atoms in total. The Bertz CT molecular complexity index is 868. The fraction of sp³-hybridized carbons (Fsp3) is 0.375. The molecule has 0 saturated carbocycles. The third-order valence-corrected chi connectivity index (χ3v) is 5.01. The van der Waals surface area contributed by atoms with E-state index in [0.29, 0.717) is 29.1 Å². The van der Waals surface area contributed by atoms with E-state index < -0.39 is 17.2 Å². The van der Waals surface area contributed by atoms with Crippen molar-refractivity contribution in [1.82, 2.24) is 20.2 Å². The third kappa shape index (κ3) is 4.60. The Kier molecular flexibility index (Phi) is 6.60. The molecule has 0 bridgehead atoms. The average Bonchev–Trinajstić information content (AvgIpc) is 2.56. The molecule has 9 heteroatoms. The van der Waals surface area contributed by atoms with Crippen molar-refractivity contribution in [3.05, 3.63) is 33.0 Å². The second-order valence-corrected chi connectivity index (χ2v) is 7.44. The largest absolute Gasteiger partial charge is 0.338 e. The summed E-state index contributed by atoms with van der Waals surface area (Å²) >= 11 is 4.50. The zero-order chi connectivity index (χ0) is 18.6. The maximum atomic E-state index is 12.7. The highest BCUT2D eigenvalue weighted by atomic mass is 79.9. The zero-order valence-electron chi connectivity index (χ0n) is 14.1. The van der Waals surface area contributed by atoms with Gasteiger partial charge in [-0.1, -0.05) is 27.7 Å². The summed E-state index contributed by atoms with van der Waals surface area (Å²) in [5.41, 5.74) is 0.407. The lowest BCUT2D eigenvalue weighted by Gasteiger charge is -2.15. The Balaban J connectivity index is 2.31. The van der Waals surface area contributed by atoms with E-state index in [-0.39, 0.29) is 5.56 Å². The van der Waals surface area contributed by atoms with Crippen molar-refractivity contribution < 1.29 is 9.59 Å². The predicted octanol–water partition coefficient (Wildman–Crippen LogP) is 2.51. The van der Waals surface area contributed by atoms with Crippen LogP contribution in [0.25, 0.3) is 10.9 Å². The minimum absolute atomic E-state index is 0.160. The molecule has 0 fully saturated rings. The van der Waals surface area contributed by atoms with Crippen LogP contribution in [0.4, 0.5) is 4.79 Å². The Morgan fingerprint density at radius 2 is 2.08 bits per heavy atom. The lowest BCUT2D eigenvalue weighted by atomic mass is 10.2. The Morgan fingerprint density at radius 3 is 2.72 bits per heavy atom. The van der Waals surface area contributed by atoms with Crippen molar-refractivity contribution >= 4 is 50.5 Å². The van der Waals surface area contributed by atoms with Gasteiger partial charge in [-0.3, -0.25) is 19.5 Å². The highest BCUT2D eigenvalue weighted by Gasteiger charge is 2.20. The van der Waals surface area contributed by atoms with Crippen LogP contribution in [0.1, 0.15) is 20.8 Å². The highest BCUT2D eigenvalue weighted by molar-refractivity contribution is 9.10. The molecule has 1 aromatic heterocycles. The minimum atomic E-state index is -0.583. The fourth-order valence-corrected chi connectivity index (χ4v) is 3.51. The van der Waals surface area contributed by atoms with Crippen LogP contribution in [0.15, 0.2) is 32.6 Å². The summed E-state index contributed by atoms with van der Waals surface area (Å²) < 4.78 is 2.33. The first kappa shape index (κ1) is 19.5. The van der Waals surface area contributed by atoms with Gasteiger partial charge in [-0.15, -0.1) is 0 Å². The molecule has 0 aliphatic heterocycles. The molecule has 3 amide bonds. The lowest BCUT2D eigenvalue weighted by Crippen LogP contribution is -2.42. The molecule has 0 saturated heterocycles. The number of urea groups is 1. The van der Waals surface area contributed by atoms with Gasteiger partial charge in [0.1, 0.15) is 0 Å². The molecule has 2 rings (SSSR count). The van der Waals surface area contributed by atoms with E-state index in [1.165, 1.54) is 4.57 Å². The summed E-state index contributed by atoms with van der Waals surface area (Å²) in [7, 11) is 0. The summed E-state index contributed by atoms with van der Waals surface area (Å²) in [5, 5.41) is 5.14. The number of fused-ring (bicyclic) bond motifs is 1. The summed E-state index contributed by atoms with van der Waals surface area (Å²) in [5.74, 6) is -0.441. The van der Waals surface area contributed by atoms with Crippen molar-refractivity contribution in [2.24, 2.45) is 0 Å². The highest BCUT2D eigenvalue weighted by Crippen LogP contribution is 2.23. The smallest absolute Gasteiger partial charge is 0.321 e. The number of halogens is 1. The number of hydrogen-bond acceptors (Lipinski definition) is 5. The van der Waals surface area contributed by atoms with Crippen LogP contribution in [-0.2, 0) is 11.3 Å². The first-order chi connectivity index (χ1) is 11.9. The summed E-state index contributed by atoms with van der Waals surface area (Å²) in [4.78, 5) is 40.8. The van der Waals surface area contributed by atoms with Crippen LogP contribution in [0.3, 0.4) is 0 Å². The van der Waals surface area contributed by atoms with Gasteiger partial charge in [0.2, 0.25) is 5.91 Å². The predicted molar refractivity (Wildman–Crippen MR) is 102 cm³/mol. The van der Waals surface area contributed by atoms with E-state index in [4.69, 9.17) is 0 Å². The van der Waals surface area contributed by atoms with Crippen LogP contribution < -0.4 is 16.2 Å². The summed E-state index contributed by atoms with van der Waals surface area (Å²) in [6.45, 7) is 6.13. The fourth-order valence-electron chi connectivity index (χ4n) is 2.17. The number of amides is 3. The van der Waals surface area contributed by atoms with Gasteiger partial charge in [0, 0.05) is 17.6 Å². The van der Waals surface area contributed by atoms with Gasteiger partial charge < -0.3 is 5.32 Å². The number of nitrogens with zero attached hydrogens (tertiary/aromatic N) is 2. The van der Waals surface area contributed by atoms with E-state index >= 15 is 0 Å². The molecule has 2 N–H and O–H groups in total. The molecule has 25 heavy (non-hydrogen) atoms. The van der Waals surface area contributed by atoms with Crippen molar-refractivity contribution in [3.8, 4) is 0 Å². The van der Waals surface area contributed by atoms with E-state index in [2.05, 4.69) is 31.5 Å². The standard InChI is InChI=1S/C16H19BrN4O3S/c1-4-18-15(24)20-13(22)9(3)25-16-19-12-7-6-10(17)8-11(12)14(23)21(16)5-2/h6-9H,4-5H2,1-3H3,(H2,18,20,22,24). The van der Waals surface area contributed by atoms with Gasteiger partial charge in [-0.05, 0) is 39.0 Å². The molecule has 1 atom stereocenters. The first-order valence-electron chi connectivity index (χ1n) is 7.82. The SMILES string of the molecule is CCNC(=O)NC(=O)C(C)Sc1nc2ccc(Br)cc2c(=O)n1CC. The topological polar surface area (TPSA) is 93.1 Å². The third-order valence-electron chi connectivity index (χ3n) is 3.42. The number of aromatic nitrogens is 2. The Hall–Kier alpha value is -1.87. The quantitative estimate of drug-likeness (QED) is 0.565. The van der Waals surface area contributed by atoms with Gasteiger partial charge >= 0.3 is 6.03 Å². The normalized spacial score (nSPS) is 12.0. The Labute approximate surface area is 157 Å². The monoisotopic (exact) mass is 426 g/mol. The van der Waals surface area contributed by atoms with Crippen molar-refractivity contribution in [1.29, 1.82) is 0 Å². The van der Waals surface area contributed by atoms with Crippen LogP contribution >= 0.6 is 27.7 Å². The molecular weight excluding hydrogens is 408 g/mol. The summed E-state index contributed by atoms with van der Waals surface area (Å²) in [6.07, 6.45) is 0. The zero-order valence-corrected chi connectivity index (χ0v) is 16.5. The van der Waals surface area contributed by atoms with Gasteiger partial charge in [-0.25, -0.2) is 9.78 Å². The first-order valence-corrected chi connectivity index (χ1v) is 9.50. The summed E-state index contributed by atoms with van der Waals surface area (Å²) in [6, 6.07) is 4.76. The van der Waals surface area contributed by atoms with Crippen LogP contribution in [-0.4, -0.2) is 33.3 Å². The number of thioether (sulfide) groups is 1. The molecule has 2 aromatic rings. The number of hydrogen-bond donors (Lipinski definition) is 2. The van der Waals surface area contributed by atoms with Gasteiger partial charge in [0.05, 0.1) is 16.2 Å². The van der Waals surface area contributed by atoms with E-state index in [1.54, 1.807) is 26.0 Å². The lowest BCUT2D eigenvalue weighted by molar-refractivity contribution is -0.119. The molecule has 0 spiro atoms. The maximum Gasteiger partial charge on any atom is 0.321 e. The van der Waals surface area contributed by atoms with Crippen LogP contribution in [0.2, 0.25) is 0 Å². The van der Waals surface area contributed by atoms with Crippen molar-refractivity contribution in [3.63, 3.8) is 0 Å². The second-order valence-electron chi connectivity index (χ2n) is 5.21. The van der Waals surface area contributed by atoms with Gasteiger partial charge in [0.25, 0.3) is 5.56 Å². The molecule has 134 valence electrons. The number of benzene rings is 1. The molecule has 1 unspecified atom stereocenters. The number of imide groups is 1. The number of rotatable bonds is 5. The van der Waals surface area contributed by atoms with E-state index in [1.807, 2.05) is 13.0 Å². The molecule has 1 heterocycles. The van der Waals surface area contributed by atoms with E-state index in [0.717, 1.165) is 16.2 Å². The minimum Gasteiger partial charge on any atom is -0.338 e. The van der Waals surface area contributed by atoms with Gasteiger partial charge in [-0.2, -0.15) is 0 Å². The molecular formula is C16H19BrN4O3S. The van der Waals surface area contributed by atoms with Crippen LogP contribution in [0, 0.1) is 0 Å². The van der Waals surface area contributed by atoms with Crippen LogP contribution in [0.5, 0.6) is 0 Å². The number of carbonyl (C=O) groups excluding carboxylic acids is 2. The maximum absolute atomic E-state index is 12.7. The van der Waals surface area contributed by atoms with E-state index in [9.17, 15) is 14.4 Å². The molecule has 0 aliphatic carbocycles. The molecule has 0 radical (unpaired) electrons.